The van der Waals surface area contributed by atoms with E-state index >= 15 is 0 Å². The Morgan fingerprint density at radius 2 is 2.05 bits per heavy atom. The first-order chi connectivity index (χ1) is 9.08. The minimum absolute atomic E-state index is 0.235. The summed E-state index contributed by atoms with van der Waals surface area (Å²) >= 11 is 5.96. The lowest BCUT2D eigenvalue weighted by Crippen LogP contribution is -2.18. The highest BCUT2D eigenvalue weighted by molar-refractivity contribution is 6.29. The van der Waals surface area contributed by atoms with Crippen LogP contribution in [0.2, 0.25) is 5.15 Å². The van der Waals surface area contributed by atoms with Crippen molar-refractivity contribution in [2.75, 3.05) is 11.9 Å². The molecule has 19 heavy (non-hydrogen) atoms. The van der Waals surface area contributed by atoms with Crippen molar-refractivity contribution in [1.82, 2.24) is 9.97 Å². The highest BCUT2D eigenvalue weighted by Gasteiger charge is 2.08. The average Bonchev–Trinajstić information content (AvgIpc) is 2.38. The SMILES string of the molecule is CCc1nc(Cl)cc(N(C)Cc2cccc(F)c2)n1. The van der Waals surface area contributed by atoms with Crippen molar-refractivity contribution in [2.45, 2.75) is 19.9 Å². The van der Waals surface area contributed by atoms with Crippen molar-refractivity contribution >= 4 is 17.4 Å². The third-order valence-corrected chi connectivity index (χ3v) is 2.94. The van der Waals surface area contributed by atoms with Gasteiger partial charge in [0.1, 0.15) is 22.6 Å². The van der Waals surface area contributed by atoms with E-state index in [0.29, 0.717) is 17.5 Å². The van der Waals surface area contributed by atoms with E-state index in [1.807, 2.05) is 24.9 Å². The van der Waals surface area contributed by atoms with Gasteiger partial charge in [0.2, 0.25) is 0 Å². The van der Waals surface area contributed by atoms with E-state index < -0.39 is 0 Å². The Balaban J connectivity index is 2.20. The smallest absolute Gasteiger partial charge is 0.134 e. The molecule has 5 heteroatoms. The van der Waals surface area contributed by atoms with Crippen molar-refractivity contribution in [3.8, 4) is 0 Å². The second-order valence-electron chi connectivity index (χ2n) is 4.30. The summed E-state index contributed by atoms with van der Waals surface area (Å²) in [7, 11) is 1.89. The Hall–Kier alpha value is -1.68. The van der Waals surface area contributed by atoms with Gasteiger partial charge in [-0.2, -0.15) is 0 Å². The van der Waals surface area contributed by atoms with Crippen LogP contribution in [0.1, 0.15) is 18.3 Å². The second-order valence-corrected chi connectivity index (χ2v) is 4.69. The molecule has 1 heterocycles. The molecular formula is C14H15ClFN3. The quantitative estimate of drug-likeness (QED) is 0.803. The lowest BCUT2D eigenvalue weighted by atomic mass is 10.2. The van der Waals surface area contributed by atoms with Gasteiger partial charge in [0, 0.05) is 26.1 Å². The third kappa shape index (κ3) is 3.64. The minimum Gasteiger partial charge on any atom is -0.355 e. The molecular weight excluding hydrogens is 265 g/mol. The van der Waals surface area contributed by atoms with Crippen molar-refractivity contribution in [2.24, 2.45) is 0 Å². The fraction of sp³-hybridized carbons (Fsp3) is 0.286. The van der Waals surface area contributed by atoms with Crippen LogP contribution in [0.4, 0.5) is 10.2 Å². The van der Waals surface area contributed by atoms with Crippen LogP contribution < -0.4 is 4.90 Å². The molecule has 0 bridgehead atoms. The highest BCUT2D eigenvalue weighted by atomic mass is 35.5. The molecule has 2 rings (SSSR count). The maximum atomic E-state index is 13.1. The number of hydrogen-bond acceptors (Lipinski definition) is 3. The van der Waals surface area contributed by atoms with Gasteiger partial charge < -0.3 is 4.90 Å². The van der Waals surface area contributed by atoms with Crippen LogP contribution in [0.3, 0.4) is 0 Å². The van der Waals surface area contributed by atoms with Gasteiger partial charge >= 0.3 is 0 Å². The second kappa shape index (κ2) is 5.97. The molecule has 0 N–H and O–H groups in total. The van der Waals surface area contributed by atoms with Crippen LogP contribution in [-0.4, -0.2) is 17.0 Å². The maximum Gasteiger partial charge on any atom is 0.134 e. The molecule has 0 unspecified atom stereocenters. The van der Waals surface area contributed by atoms with Gasteiger partial charge in [-0.3, -0.25) is 0 Å². The number of anilines is 1. The van der Waals surface area contributed by atoms with Crippen LogP contribution in [-0.2, 0) is 13.0 Å². The van der Waals surface area contributed by atoms with Gasteiger partial charge in [0.25, 0.3) is 0 Å². The lowest BCUT2D eigenvalue weighted by Gasteiger charge is -2.19. The van der Waals surface area contributed by atoms with E-state index in [-0.39, 0.29) is 5.82 Å². The van der Waals surface area contributed by atoms with Crippen LogP contribution in [0, 0.1) is 5.82 Å². The Morgan fingerprint density at radius 3 is 2.74 bits per heavy atom. The van der Waals surface area contributed by atoms with Gasteiger partial charge in [-0.05, 0) is 17.7 Å². The Morgan fingerprint density at radius 1 is 1.26 bits per heavy atom. The van der Waals surface area contributed by atoms with E-state index in [2.05, 4.69) is 9.97 Å². The van der Waals surface area contributed by atoms with E-state index in [4.69, 9.17) is 11.6 Å². The van der Waals surface area contributed by atoms with Gasteiger partial charge in [-0.1, -0.05) is 30.7 Å². The van der Waals surface area contributed by atoms with Crippen molar-refractivity contribution in [3.05, 3.63) is 52.7 Å². The molecule has 0 fully saturated rings. The van der Waals surface area contributed by atoms with Gasteiger partial charge in [-0.25, -0.2) is 14.4 Å². The summed E-state index contributed by atoms with van der Waals surface area (Å²) < 4.78 is 13.1. The highest BCUT2D eigenvalue weighted by Crippen LogP contribution is 2.17. The molecule has 2 aromatic rings. The molecule has 0 atom stereocenters. The van der Waals surface area contributed by atoms with Crippen molar-refractivity contribution in [1.29, 1.82) is 0 Å². The molecule has 3 nitrogen and oxygen atoms in total. The number of hydrogen-bond donors (Lipinski definition) is 0. The van der Waals surface area contributed by atoms with E-state index in [0.717, 1.165) is 17.8 Å². The number of benzene rings is 1. The Kier molecular flexibility index (Phi) is 4.32. The molecule has 0 saturated carbocycles. The number of aromatic nitrogens is 2. The zero-order valence-electron chi connectivity index (χ0n) is 10.9. The van der Waals surface area contributed by atoms with Crippen LogP contribution >= 0.6 is 11.6 Å². The fourth-order valence-electron chi connectivity index (χ4n) is 1.80. The summed E-state index contributed by atoms with van der Waals surface area (Å²) in [6.45, 7) is 2.54. The first kappa shape index (κ1) is 13.7. The van der Waals surface area contributed by atoms with Crippen molar-refractivity contribution in [3.63, 3.8) is 0 Å². The van der Waals surface area contributed by atoms with E-state index in [9.17, 15) is 4.39 Å². The summed E-state index contributed by atoms with van der Waals surface area (Å²) in [4.78, 5) is 10.4. The first-order valence-electron chi connectivity index (χ1n) is 6.07. The average molecular weight is 280 g/mol. The normalized spacial score (nSPS) is 10.5. The zero-order valence-corrected chi connectivity index (χ0v) is 11.7. The number of aryl methyl sites for hydroxylation is 1. The number of rotatable bonds is 4. The minimum atomic E-state index is -0.235. The largest absolute Gasteiger partial charge is 0.355 e. The van der Waals surface area contributed by atoms with Crippen LogP contribution in [0.25, 0.3) is 0 Å². The monoisotopic (exact) mass is 279 g/mol. The lowest BCUT2D eigenvalue weighted by molar-refractivity contribution is 0.625. The summed E-state index contributed by atoms with van der Waals surface area (Å²) in [6, 6.07) is 8.23. The summed E-state index contributed by atoms with van der Waals surface area (Å²) in [5.41, 5.74) is 0.885. The van der Waals surface area contributed by atoms with Crippen LogP contribution in [0.5, 0.6) is 0 Å². The molecule has 1 aromatic heterocycles. The molecule has 0 amide bonds. The topological polar surface area (TPSA) is 29.0 Å². The molecule has 100 valence electrons. The van der Waals surface area contributed by atoms with Gasteiger partial charge in [-0.15, -0.1) is 0 Å². The molecule has 0 aliphatic heterocycles. The van der Waals surface area contributed by atoms with Crippen LogP contribution in [0.15, 0.2) is 30.3 Å². The predicted octanol–water partition coefficient (Wildman–Crippen LogP) is 3.47. The number of nitrogens with zero attached hydrogens (tertiary/aromatic N) is 3. The molecule has 0 aliphatic carbocycles. The fourth-order valence-corrected chi connectivity index (χ4v) is 1.99. The zero-order chi connectivity index (χ0) is 13.8. The summed E-state index contributed by atoms with van der Waals surface area (Å²) in [5.74, 6) is 1.20. The number of halogens is 2. The standard InChI is InChI=1S/C14H15ClFN3/c1-3-13-17-12(15)8-14(18-13)19(2)9-10-5-4-6-11(16)7-10/h4-8H,3,9H2,1-2H3. The molecule has 0 spiro atoms. The van der Waals surface area contributed by atoms with Gasteiger partial charge in [0.05, 0.1) is 0 Å². The molecule has 0 radical (unpaired) electrons. The molecule has 0 aliphatic rings. The maximum absolute atomic E-state index is 13.1. The van der Waals surface area contributed by atoms with E-state index in [1.54, 1.807) is 12.1 Å². The Bertz CT molecular complexity index is 574. The molecule has 0 saturated heterocycles. The predicted molar refractivity (Wildman–Crippen MR) is 74.9 cm³/mol. The Labute approximate surface area is 117 Å². The first-order valence-corrected chi connectivity index (χ1v) is 6.45. The third-order valence-electron chi connectivity index (χ3n) is 2.74. The summed E-state index contributed by atoms with van der Waals surface area (Å²) in [5, 5.41) is 0.424. The van der Waals surface area contributed by atoms with Crippen molar-refractivity contribution < 1.29 is 4.39 Å². The summed E-state index contributed by atoms with van der Waals surface area (Å²) in [6.07, 6.45) is 0.724. The van der Waals surface area contributed by atoms with E-state index in [1.165, 1.54) is 12.1 Å². The van der Waals surface area contributed by atoms with Gasteiger partial charge in [0.15, 0.2) is 0 Å². The molecule has 1 aromatic carbocycles.